The number of nitrogens with zero attached hydrogens (tertiary/aromatic N) is 2. The summed E-state index contributed by atoms with van der Waals surface area (Å²) >= 11 is 0. The van der Waals surface area contributed by atoms with Crippen LogP contribution in [0.3, 0.4) is 0 Å². The molecule has 0 radical (unpaired) electrons. The number of carbonyl (C=O) groups is 9. The molecule has 0 unspecified atom stereocenters. The summed E-state index contributed by atoms with van der Waals surface area (Å²) in [5.74, 6) is -4.36. The lowest BCUT2D eigenvalue weighted by atomic mass is 9.76. The number of urea groups is 1. The van der Waals surface area contributed by atoms with Crippen LogP contribution in [0.2, 0.25) is 0 Å². The van der Waals surface area contributed by atoms with Gasteiger partial charge in [0.25, 0.3) is 0 Å². The molecule has 0 aliphatic heterocycles. The molecule has 21 heteroatoms. The van der Waals surface area contributed by atoms with Crippen LogP contribution in [0.4, 0.5) is 21.0 Å². The second kappa shape index (κ2) is 34.2. The van der Waals surface area contributed by atoms with E-state index in [1.165, 1.54) is 11.8 Å². The number of amides is 9. The number of nitrogens with two attached hydrogens (primary N) is 1. The summed E-state index contributed by atoms with van der Waals surface area (Å²) in [5, 5.41) is 29.4. The van der Waals surface area contributed by atoms with Crippen molar-refractivity contribution in [3.05, 3.63) is 148 Å². The fraction of sp³-hybridized carbons (Fsp3) is 0.464. The van der Waals surface area contributed by atoms with Crippen LogP contribution in [0.25, 0.3) is 6.08 Å². The number of likely N-dealkylation sites (N-methyl/N-ethyl adjacent to an activating group) is 2. The van der Waals surface area contributed by atoms with Crippen molar-refractivity contribution in [1.82, 2.24) is 36.8 Å². The topological polar surface area (TPSA) is 300 Å². The first-order chi connectivity index (χ1) is 42.3. The Morgan fingerprint density at radius 1 is 0.756 bits per heavy atom. The molecule has 0 fully saturated rings. The lowest BCUT2D eigenvalue weighted by Gasteiger charge is -2.40. The van der Waals surface area contributed by atoms with Crippen molar-refractivity contribution in [2.45, 2.75) is 171 Å². The average molecular weight is 1240 g/mol. The largest absolute Gasteiger partial charge is 0.478 e. The number of carboxylic acid groups (broad SMARTS) is 1. The second-order valence-corrected chi connectivity index (χ2v) is 25.0. The number of rotatable bonds is 32. The maximum Gasteiger partial charge on any atom is 0.407 e. The summed E-state index contributed by atoms with van der Waals surface area (Å²) in [6.07, 6.45) is 3.29. The number of hydrogen-bond donors (Lipinski definition) is 9. The van der Waals surface area contributed by atoms with E-state index in [0.717, 1.165) is 39.1 Å². The first kappa shape index (κ1) is 73.6. The maximum absolute atomic E-state index is 14.2. The van der Waals surface area contributed by atoms with Crippen LogP contribution >= 0.6 is 0 Å². The lowest BCUT2D eigenvalue weighted by Crippen LogP contribution is -2.61. The van der Waals surface area contributed by atoms with Crippen molar-refractivity contribution >= 4 is 71.0 Å². The molecule has 90 heavy (non-hydrogen) atoms. The van der Waals surface area contributed by atoms with E-state index in [1.54, 1.807) is 69.3 Å². The molecular formula is C69H96N10O11. The van der Waals surface area contributed by atoms with Gasteiger partial charge in [0, 0.05) is 55.3 Å². The molecule has 4 rings (SSSR count). The number of benzene rings is 4. The molecule has 21 nitrogen and oxygen atoms in total. The van der Waals surface area contributed by atoms with Crippen LogP contribution < -0.4 is 47.9 Å². The number of nitrogens with one attached hydrogen (secondary N) is 7. The minimum Gasteiger partial charge on any atom is -0.478 e. The standard InChI is InChI=1S/C69H96N10O11/c1-16-47-23-18-19-25-50(47)40-79(54-27-21-20-24-48(54)17-2)57(81)35-34-56(80)76-58(43(5)6)62(83)75-53(26-22-36-72-66(70)88)61(82)74-52-32-28-46(29-33-52)41-90-67(89)73-39-49-30-31-51(37-44(49)7)69(12,13)59(71-14)63(84)77-60(68(9,10)11)64(85)78(15)55(42(3)4)38-45(8)65(86)87/h16,18-21,23-25,27-33,37-38,42-43,53,55,58-60,71H,1,17,22,26,34-36,39-41H2,2-15H3,(H,73,89)(H,74,82)(H,75,83)(H,76,80)(H,77,84)(H,86,87)(H3,70,72,88)/b45-38+/t53-,55+,58-,59+,60+/m0/s1. The molecule has 0 heterocycles. The Hall–Kier alpha value is -8.85. The third-order valence-corrected chi connectivity index (χ3v) is 16.0. The van der Waals surface area contributed by atoms with Gasteiger partial charge in [-0.3, -0.25) is 28.8 Å². The highest BCUT2D eigenvalue weighted by atomic mass is 16.5. The van der Waals surface area contributed by atoms with Crippen LogP contribution in [0.1, 0.15) is 141 Å². The van der Waals surface area contributed by atoms with E-state index in [0.29, 0.717) is 17.7 Å². The zero-order valence-electron chi connectivity index (χ0n) is 54.9. The Kier molecular flexibility index (Phi) is 28.0. The molecular weight excluding hydrogens is 1140 g/mol. The number of para-hydroxylation sites is 1. The Morgan fingerprint density at radius 3 is 1.98 bits per heavy atom. The summed E-state index contributed by atoms with van der Waals surface area (Å²) in [4.78, 5) is 123. The van der Waals surface area contributed by atoms with E-state index in [4.69, 9.17) is 10.5 Å². The van der Waals surface area contributed by atoms with Crippen molar-refractivity contribution in [2.75, 3.05) is 30.9 Å². The van der Waals surface area contributed by atoms with Gasteiger partial charge in [-0.1, -0.05) is 161 Å². The highest BCUT2D eigenvalue weighted by Crippen LogP contribution is 2.32. The molecule has 0 aliphatic rings. The number of carbonyl (C=O) groups excluding carboxylic acids is 8. The number of alkyl carbamates (subject to hydrolysis) is 1. The predicted molar refractivity (Wildman–Crippen MR) is 352 cm³/mol. The summed E-state index contributed by atoms with van der Waals surface area (Å²) in [5.41, 5.74) is 10.8. The summed E-state index contributed by atoms with van der Waals surface area (Å²) in [6, 6.07) is 22.3. The van der Waals surface area contributed by atoms with Gasteiger partial charge in [-0.2, -0.15) is 0 Å². The number of hydrogen-bond acceptors (Lipinski definition) is 11. The number of anilines is 2. The van der Waals surface area contributed by atoms with Gasteiger partial charge in [-0.05, 0) is 115 Å². The SMILES string of the molecule is C=Cc1ccccc1CN(C(=O)CCC(=O)N[C@H](C(=O)N[C@@H](CCCNC(N)=O)C(=O)Nc1ccc(COC(=O)NCc2ccc(C(C)(C)[C@H](NC)C(=O)N[C@H](C(=O)N(C)[C@H](/C=C(\C)C(=O)O)C(C)C)C(C)(C)C)cc2C)cc1)C(C)C)c1ccccc1CC. The van der Waals surface area contributed by atoms with E-state index in [9.17, 15) is 48.3 Å². The molecule has 0 aromatic heterocycles. The molecule has 0 aliphatic carbocycles. The highest BCUT2D eigenvalue weighted by molar-refractivity contribution is 5.99. The maximum atomic E-state index is 14.2. The van der Waals surface area contributed by atoms with Crippen molar-refractivity contribution in [3.8, 4) is 0 Å². The summed E-state index contributed by atoms with van der Waals surface area (Å²) in [7, 11) is 3.30. The lowest BCUT2D eigenvalue weighted by molar-refractivity contribution is -0.141. The van der Waals surface area contributed by atoms with Gasteiger partial charge in [-0.15, -0.1) is 0 Å². The van der Waals surface area contributed by atoms with Crippen molar-refractivity contribution in [2.24, 2.45) is 23.0 Å². The summed E-state index contributed by atoms with van der Waals surface area (Å²) in [6.45, 7) is 26.5. The zero-order valence-corrected chi connectivity index (χ0v) is 54.9. The molecule has 4 aromatic carbocycles. The van der Waals surface area contributed by atoms with E-state index in [-0.39, 0.29) is 75.2 Å². The number of primary amides is 1. The second-order valence-electron chi connectivity index (χ2n) is 25.0. The van der Waals surface area contributed by atoms with E-state index in [2.05, 4.69) is 43.8 Å². The number of ether oxygens (including phenoxy) is 1. The Labute approximate surface area is 531 Å². The average Bonchev–Trinajstić information content (AvgIpc) is 0.932. The molecule has 0 spiro atoms. The van der Waals surface area contributed by atoms with Crippen molar-refractivity contribution in [3.63, 3.8) is 0 Å². The van der Waals surface area contributed by atoms with Gasteiger partial charge in [0.2, 0.25) is 35.4 Å². The van der Waals surface area contributed by atoms with Crippen LogP contribution in [-0.2, 0) is 69.8 Å². The molecule has 5 atom stereocenters. The van der Waals surface area contributed by atoms with Crippen LogP contribution in [0.15, 0.2) is 109 Å². The first-order valence-electron chi connectivity index (χ1n) is 30.6. The Balaban J connectivity index is 1.36. The molecule has 0 saturated heterocycles. The smallest absolute Gasteiger partial charge is 0.407 e. The molecule has 0 bridgehead atoms. The Bertz CT molecular complexity index is 3200. The van der Waals surface area contributed by atoms with Gasteiger partial charge < -0.3 is 62.6 Å². The van der Waals surface area contributed by atoms with Crippen LogP contribution in [0, 0.1) is 24.2 Å². The van der Waals surface area contributed by atoms with E-state index in [1.807, 2.05) is 129 Å². The zero-order chi connectivity index (χ0) is 67.2. The molecule has 10 N–H and O–H groups in total. The molecule has 4 aromatic rings. The molecule has 488 valence electrons. The van der Waals surface area contributed by atoms with Gasteiger partial charge in [-0.25, -0.2) is 14.4 Å². The van der Waals surface area contributed by atoms with E-state index >= 15 is 0 Å². The Morgan fingerprint density at radius 2 is 1.40 bits per heavy atom. The fourth-order valence-electron chi connectivity index (χ4n) is 10.5. The highest BCUT2D eigenvalue weighted by Gasteiger charge is 2.42. The fourth-order valence-corrected chi connectivity index (χ4v) is 10.5. The van der Waals surface area contributed by atoms with Gasteiger partial charge in [0.05, 0.1) is 18.6 Å². The van der Waals surface area contributed by atoms with Gasteiger partial charge in [0.1, 0.15) is 24.7 Å². The number of aliphatic carboxylic acids is 1. The summed E-state index contributed by atoms with van der Waals surface area (Å²) < 4.78 is 5.53. The predicted octanol–water partition coefficient (Wildman–Crippen LogP) is 8.56. The van der Waals surface area contributed by atoms with Crippen LogP contribution in [-0.4, -0.2) is 114 Å². The first-order valence-corrected chi connectivity index (χ1v) is 30.6. The third-order valence-electron chi connectivity index (χ3n) is 16.0. The monoisotopic (exact) mass is 1240 g/mol. The van der Waals surface area contributed by atoms with Crippen molar-refractivity contribution in [1.29, 1.82) is 0 Å². The molecule has 0 saturated carbocycles. The van der Waals surface area contributed by atoms with E-state index < -0.39 is 88.7 Å². The van der Waals surface area contributed by atoms with Gasteiger partial charge >= 0.3 is 18.1 Å². The quantitative estimate of drug-likeness (QED) is 0.0164. The third kappa shape index (κ3) is 21.4. The number of aryl methyl sites for hydroxylation is 2. The minimum atomic E-state index is -1.11. The van der Waals surface area contributed by atoms with Gasteiger partial charge in [0.15, 0.2) is 0 Å². The number of carboxylic acids is 1. The van der Waals surface area contributed by atoms with Crippen molar-refractivity contribution < 1.29 is 53.0 Å². The normalized spacial score (nSPS) is 13.4. The van der Waals surface area contributed by atoms with Crippen LogP contribution in [0.5, 0.6) is 0 Å². The minimum absolute atomic E-state index is 0.0905. The molecule has 9 amide bonds.